The standard InChI is InChI=1S/C15H19NO2S2/c1-4-5-9-19-12-11-7-6-8-16-14(11)20-13(12)15(17)18-10(2)3/h6-8,10H,4-5,9H2,1-3H3. The molecule has 0 unspecified atom stereocenters. The fourth-order valence-electron chi connectivity index (χ4n) is 1.77. The molecule has 2 rings (SSSR count). The summed E-state index contributed by atoms with van der Waals surface area (Å²) in [6, 6.07) is 3.94. The van der Waals surface area contributed by atoms with Gasteiger partial charge >= 0.3 is 5.97 Å². The summed E-state index contributed by atoms with van der Waals surface area (Å²) in [5.74, 6) is 0.779. The highest BCUT2D eigenvalue weighted by Gasteiger charge is 2.21. The summed E-state index contributed by atoms with van der Waals surface area (Å²) in [6.07, 6.45) is 3.95. The van der Waals surface area contributed by atoms with Gasteiger partial charge in [-0.05, 0) is 38.2 Å². The molecule has 3 nitrogen and oxygen atoms in total. The lowest BCUT2D eigenvalue weighted by Gasteiger charge is -2.08. The molecular weight excluding hydrogens is 290 g/mol. The van der Waals surface area contributed by atoms with E-state index >= 15 is 0 Å². The van der Waals surface area contributed by atoms with Crippen molar-refractivity contribution in [1.82, 2.24) is 4.98 Å². The van der Waals surface area contributed by atoms with Crippen LogP contribution >= 0.6 is 23.1 Å². The van der Waals surface area contributed by atoms with E-state index in [4.69, 9.17) is 4.74 Å². The molecule has 0 aliphatic carbocycles. The molecule has 20 heavy (non-hydrogen) atoms. The van der Waals surface area contributed by atoms with E-state index in [1.807, 2.05) is 26.0 Å². The number of hydrogen-bond donors (Lipinski definition) is 0. The normalized spacial score (nSPS) is 11.2. The van der Waals surface area contributed by atoms with Crippen molar-refractivity contribution in [1.29, 1.82) is 0 Å². The van der Waals surface area contributed by atoms with Gasteiger partial charge in [-0.15, -0.1) is 23.1 Å². The van der Waals surface area contributed by atoms with Gasteiger partial charge in [0.15, 0.2) is 0 Å². The number of aromatic nitrogens is 1. The Kier molecular flexibility index (Phi) is 5.43. The molecule has 0 aliphatic heterocycles. The van der Waals surface area contributed by atoms with Crippen LogP contribution < -0.4 is 0 Å². The Balaban J connectivity index is 2.35. The smallest absolute Gasteiger partial charge is 0.349 e. The van der Waals surface area contributed by atoms with Crippen molar-refractivity contribution < 1.29 is 9.53 Å². The molecule has 2 aromatic rings. The minimum atomic E-state index is -0.234. The molecule has 0 amide bonds. The number of thiophene rings is 1. The number of hydrogen-bond acceptors (Lipinski definition) is 5. The highest BCUT2D eigenvalue weighted by Crippen LogP contribution is 2.38. The third kappa shape index (κ3) is 3.52. The van der Waals surface area contributed by atoms with Crippen LogP contribution in [0.25, 0.3) is 10.2 Å². The number of carbonyl (C=O) groups is 1. The van der Waals surface area contributed by atoms with Gasteiger partial charge in [-0.1, -0.05) is 13.3 Å². The zero-order valence-electron chi connectivity index (χ0n) is 12.0. The summed E-state index contributed by atoms with van der Waals surface area (Å²) in [5.41, 5.74) is 0. The van der Waals surface area contributed by atoms with Gasteiger partial charge in [0.2, 0.25) is 0 Å². The van der Waals surface area contributed by atoms with E-state index < -0.39 is 0 Å². The van der Waals surface area contributed by atoms with E-state index in [0.29, 0.717) is 4.88 Å². The van der Waals surface area contributed by atoms with Crippen molar-refractivity contribution in [2.24, 2.45) is 0 Å². The van der Waals surface area contributed by atoms with Crippen molar-refractivity contribution in [3.63, 3.8) is 0 Å². The number of pyridine rings is 1. The molecule has 2 heterocycles. The van der Waals surface area contributed by atoms with Crippen LogP contribution in [0, 0.1) is 0 Å². The second-order valence-corrected chi connectivity index (χ2v) is 6.88. The van der Waals surface area contributed by atoms with Crippen LogP contribution in [0.2, 0.25) is 0 Å². The second kappa shape index (κ2) is 7.09. The number of nitrogens with zero attached hydrogens (tertiary/aromatic N) is 1. The maximum Gasteiger partial charge on any atom is 0.349 e. The molecule has 0 radical (unpaired) electrons. The molecular formula is C15H19NO2S2. The maximum absolute atomic E-state index is 12.2. The first-order chi connectivity index (χ1) is 9.63. The van der Waals surface area contributed by atoms with Crippen LogP contribution in [-0.4, -0.2) is 22.8 Å². The van der Waals surface area contributed by atoms with Gasteiger partial charge in [-0.25, -0.2) is 9.78 Å². The SMILES string of the molecule is CCCCSc1c(C(=O)OC(C)C)sc2ncccc12. The number of rotatable bonds is 6. The Bertz CT molecular complexity index is 593. The average molecular weight is 309 g/mol. The molecule has 108 valence electrons. The van der Waals surface area contributed by atoms with E-state index in [1.165, 1.54) is 11.3 Å². The Hall–Kier alpha value is -1.07. The van der Waals surface area contributed by atoms with Crippen LogP contribution in [-0.2, 0) is 4.74 Å². The Morgan fingerprint density at radius 1 is 1.50 bits per heavy atom. The summed E-state index contributed by atoms with van der Waals surface area (Å²) >= 11 is 3.16. The van der Waals surface area contributed by atoms with Crippen molar-refractivity contribution in [3.05, 3.63) is 23.2 Å². The van der Waals surface area contributed by atoms with Gasteiger partial charge in [-0.2, -0.15) is 0 Å². The zero-order valence-corrected chi connectivity index (χ0v) is 13.6. The molecule has 0 fully saturated rings. The summed E-state index contributed by atoms with van der Waals surface area (Å²) in [4.78, 5) is 19.2. The van der Waals surface area contributed by atoms with Crippen molar-refractivity contribution in [2.75, 3.05) is 5.75 Å². The average Bonchev–Trinajstić information content (AvgIpc) is 2.78. The van der Waals surface area contributed by atoms with Gasteiger partial charge in [0.05, 0.1) is 6.10 Å². The molecule has 0 aliphatic rings. The fourth-order valence-corrected chi connectivity index (χ4v) is 4.23. The third-order valence-electron chi connectivity index (χ3n) is 2.69. The largest absolute Gasteiger partial charge is 0.459 e. The van der Waals surface area contributed by atoms with Crippen molar-refractivity contribution in [3.8, 4) is 0 Å². The number of fused-ring (bicyclic) bond motifs is 1. The summed E-state index contributed by atoms with van der Waals surface area (Å²) in [6.45, 7) is 5.91. The summed E-state index contributed by atoms with van der Waals surface area (Å²) in [7, 11) is 0. The quantitative estimate of drug-likeness (QED) is 0.438. The van der Waals surface area contributed by atoms with Crippen LogP contribution in [0.3, 0.4) is 0 Å². The molecule has 0 spiro atoms. The van der Waals surface area contributed by atoms with Crippen molar-refractivity contribution >= 4 is 39.3 Å². The lowest BCUT2D eigenvalue weighted by molar-refractivity contribution is 0.0380. The Labute approximate surface area is 127 Å². The fraction of sp³-hybridized carbons (Fsp3) is 0.467. The number of thioether (sulfide) groups is 1. The summed E-state index contributed by atoms with van der Waals surface area (Å²) < 4.78 is 5.34. The highest BCUT2D eigenvalue weighted by atomic mass is 32.2. The second-order valence-electron chi connectivity index (χ2n) is 4.77. The summed E-state index contributed by atoms with van der Waals surface area (Å²) in [5, 5.41) is 1.06. The Morgan fingerprint density at radius 2 is 2.30 bits per heavy atom. The van der Waals surface area contributed by atoms with Crippen LogP contribution in [0.1, 0.15) is 43.3 Å². The number of carbonyl (C=O) groups excluding carboxylic acids is 1. The van der Waals surface area contributed by atoms with Gasteiger partial charge in [0.25, 0.3) is 0 Å². The zero-order chi connectivity index (χ0) is 14.5. The lowest BCUT2D eigenvalue weighted by atomic mass is 10.3. The highest BCUT2D eigenvalue weighted by molar-refractivity contribution is 7.99. The van der Waals surface area contributed by atoms with E-state index in [2.05, 4.69) is 11.9 Å². The van der Waals surface area contributed by atoms with Gasteiger partial charge in [0.1, 0.15) is 9.71 Å². The molecule has 0 saturated carbocycles. The first-order valence-electron chi connectivity index (χ1n) is 6.84. The molecule has 0 N–H and O–H groups in total. The van der Waals surface area contributed by atoms with Gasteiger partial charge < -0.3 is 4.74 Å². The van der Waals surface area contributed by atoms with Crippen LogP contribution in [0.4, 0.5) is 0 Å². The molecule has 5 heteroatoms. The topological polar surface area (TPSA) is 39.2 Å². The van der Waals surface area contributed by atoms with Gasteiger partial charge in [0, 0.05) is 16.5 Å². The predicted octanol–water partition coefficient (Wildman–Crippen LogP) is 4.75. The monoisotopic (exact) mass is 309 g/mol. The van der Waals surface area contributed by atoms with Crippen LogP contribution in [0.5, 0.6) is 0 Å². The predicted molar refractivity (Wildman–Crippen MR) is 85.8 cm³/mol. The number of ether oxygens (including phenoxy) is 1. The third-order valence-corrected chi connectivity index (χ3v) is 5.12. The van der Waals surface area contributed by atoms with Crippen LogP contribution in [0.15, 0.2) is 23.2 Å². The number of esters is 1. The minimum Gasteiger partial charge on any atom is -0.459 e. The minimum absolute atomic E-state index is 0.103. The molecule has 0 bridgehead atoms. The Morgan fingerprint density at radius 3 is 3.00 bits per heavy atom. The molecule has 0 atom stereocenters. The first kappa shape index (κ1) is 15.3. The molecule has 0 saturated heterocycles. The van der Waals surface area contributed by atoms with Gasteiger partial charge in [-0.3, -0.25) is 0 Å². The van der Waals surface area contributed by atoms with E-state index in [1.54, 1.807) is 18.0 Å². The molecule has 0 aromatic carbocycles. The first-order valence-corrected chi connectivity index (χ1v) is 8.65. The molecule has 2 aromatic heterocycles. The van der Waals surface area contributed by atoms with E-state index in [0.717, 1.165) is 33.7 Å². The van der Waals surface area contributed by atoms with Crippen molar-refractivity contribution in [2.45, 2.75) is 44.6 Å². The lowest BCUT2D eigenvalue weighted by Crippen LogP contribution is -2.10. The maximum atomic E-state index is 12.2. The van der Waals surface area contributed by atoms with E-state index in [-0.39, 0.29) is 12.1 Å². The number of unbranched alkanes of at least 4 members (excludes halogenated alkanes) is 1. The van der Waals surface area contributed by atoms with E-state index in [9.17, 15) is 4.79 Å².